The number of aliphatic hydroxyl groups is 2. The molecule has 0 aliphatic rings. The van der Waals surface area contributed by atoms with Crippen LogP contribution in [0.2, 0.25) is 0 Å². The van der Waals surface area contributed by atoms with E-state index >= 15 is 0 Å². The van der Waals surface area contributed by atoms with Gasteiger partial charge in [0.2, 0.25) is 5.91 Å². The zero-order valence-corrected chi connectivity index (χ0v) is 46.0. The maximum Gasteiger partial charge on any atom is 0.306 e. The predicted molar refractivity (Wildman–Crippen MR) is 296 cm³/mol. The summed E-state index contributed by atoms with van der Waals surface area (Å²) >= 11 is 0. The largest absolute Gasteiger partial charge is 0.462 e. The molecule has 0 aromatic rings. The van der Waals surface area contributed by atoms with Crippen LogP contribution in [0.4, 0.5) is 0 Å². The van der Waals surface area contributed by atoms with Crippen molar-refractivity contribution in [3.63, 3.8) is 0 Å². The van der Waals surface area contributed by atoms with E-state index in [-0.39, 0.29) is 24.9 Å². The van der Waals surface area contributed by atoms with E-state index in [0.29, 0.717) is 19.3 Å². The number of carbonyl (C=O) groups excluding carboxylic acids is 2. The Balaban J connectivity index is 4.53. The lowest BCUT2D eigenvalue weighted by atomic mass is 10.0. The highest BCUT2D eigenvalue weighted by Crippen LogP contribution is 2.19. The van der Waals surface area contributed by atoms with E-state index in [1.807, 2.05) is 0 Å². The van der Waals surface area contributed by atoms with Crippen LogP contribution in [-0.2, 0) is 14.3 Å². The molecule has 68 heavy (non-hydrogen) atoms. The van der Waals surface area contributed by atoms with Crippen molar-refractivity contribution >= 4 is 11.9 Å². The highest BCUT2D eigenvalue weighted by atomic mass is 16.5. The minimum atomic E-state index is -0.789. The standard InChI is InChI=1S/C62H119NO5/c1-4-7-10-13-16-19-22-25-28-30-31-32-34-37-40-43-46-49-52-55-62(67)68-58(53-50-47-44-41-38-35-33-29-26-23-20-17-14-11-8-5-2)56-61(66)63-59(57-64)60(65)54-51-48-45-42-39-36-27-24-21-18-15-12-9-6-3/h25,28,35,38,58-60,64-65H,4-24,26-27,29-34,36-37,39-57H2,1-3H3,(H,63,66)/b28-25+,38-35+. The van der Waals surface area contributed by atoms with Gasteiger partial charge >= 0.3 is 5.97 Å². The Morgan fingerprint density at radius 2 is 0.706 bits per heavy atom. The Labute approximate surface area is 424 Å². The third-order valence-electron chi connectivity index (χ3n) is 14.3. The van der Waals surface area contributed by atoms with Crippen molar-refractivity contribution in [1.29, 1.82) is 0 Å². The molecule has 1 amide bonds. The summed E-state index contributed by atoms with van der Waals surface area (Å²) in [5.74, 6) is -0.471. The Kier molecular flexibility index (Phi) is 54.9. The molecule has 6 heteroatoms. The number of nitrogens with one attached hydrogen (secondary N) is 1. The summed E-state index contributed by atoms with van der Waals surface area (Å²) in [6, 6.07) is -0.704. The lowest BCUT2D eigenvalue weighted by molar-refractivity contribution is -0.151. The Bertz CT molecular complexity index is 1080. The fourth-order valence-corrected chi connectivity index (χ4v) is 9.60. The number of allylic oxidation sites excluding steroid dienone is 4. The van der Waals surface area contributed by atoms with Crippen LogP contribution in [0.25, 0.3) is 0 Å². The van der Waals surface area contributed by atoms with Gasteiger partial charge in [0.05, 0.1) is 25.2 Å². The second kappa shape index (κ2) is 56.3. The molecule has 0 aromatic heterocycles. The van der Waals surface area contributed by atoms with Crippen molar-refractivity contribution in [1.82, 2.24) is 5.32 Å². The summed E-state index contributed by atoms with van der Waals surface area (Å²) in [4.78, 5) is 26.3. The fourth-order valence-electron chi connectivity index (χ4n) is 9.60. The first kappa shape index (κ1) is 66.3. The van der Waals surface area contributed by atoms with Crippen LogP contribution in [0.3, 0.4) is 0 Å². The maximum absolute atomic E-state index is 13.3. The van der Waals surface area contributed by atoms with E-state index < -0.39 is 18.2 Å². The van der Waals surface area contributed by atoms with Gasteiger partial charge in [-0.2, -0.15) is 0 Å². The molecule has 0 spiro atoms. The average Bonchev–Trinajstić information content (AvgIpc) is 3.33. The Morgan fingerprint density at radius 1 is 0.412 bits per heavy atom. The zero-order valence-electron chi connectivity index (χ0n) is 46.0. The lowest BCUT2D eigenvalue weighted by Gasteiger charge is -2.24. The summed E-state index contributed by atoms with van der Waals surface area (Å²) in [7, 11) is 0. The van der Waals surface area contributed by atoms with Crippen LogP contribution in [0.15, 0.2) is 24.3 Å². The van der Waals surface area contributed by atoms with E-state index in [1.165, 1.54) is 231 Å². The van der Waals surface area contributed by atoms with Crippen molar-refractivity contribution < 1.29 is 24.5 Å². The quantitative estimate of drug-likeness (QED) is 0.0321. The third-order valence-corrected chi connectivity index (χ3v) is 14.3. The Hall–Kier alpha value is -1.66. The number of aliphatic hydroxyl groups excluding tert-OH is 2. The molecule has 0 rings (SSSR count). The second-order valence-corrected chi connectivity index (χ2v) is 21.1. The van der Waals surface area contributed by atoms with Crippen LogP contribution >= 0.6 is 0 Å². The lowest BCUT2D eigenvalue weighted by Crippen LogP contribution is -2.46. The van der Waals surface area contributed by atoms with Gasteiger partial charge in [-0.3, -0.25) is 9.59 Å². The second-order valence-electron chi connectivity index (χ2n) is 21.1. The highest BCUT2D eigenvalue weighted by molar-refractivity contribution is 5.77. The summed E-state index contributed by atoms with van der Waals surface area (Å²) in [6.45, 7) is 6.52. The summed E-state index contributed by atoms with van der Waals surface area (Å²) < 4.78 is 5.97. The molecule has 0 aliphatic heterocycles. The summed E-state index contributed by atoms with van der Waals surface area (Å²) in [5.41, 5.74) is 0. The van der Waals surface area contributed by atoms with Gasteiger partial charge in [-0.05, 0) is 77.0 Å². The van der Waals surface area contributed by atoms with Crippen molar-refractivity contribution in [2.45, 2.75) is 354 Å². The smallest absolute Gasteiger partial charge is 0.306 e. The van der Waals surface area contributed by atoms with Gasteiger partial charge < -0.3 is 20.3 Å². The number of ether oxygens (including phenoxy) is 1. The predicted octanol–water partition coefficient (Wildman–Crippen LogP) is 19.0. The SMILES string of the molecule is CCCCCCCC/C=C/CCCCCCCCCCCC(=O)OC(CCCCC/C=C/CCCCCCCCCCC)CC(=O)NC(CO)C(O)CCCCCCCCCCCCCCCC. The van der Waals surface area contributed by atoms with Crippen LogP contribution in [-0.4, -0.2) is 46.9 Å². The number of amides is 1. The average molecular weight is 959 g/mol. The topological polar surface area (TPSA) is 95.9 Å². The molecule has 0 bridgehead atoms. The highest BCUT2D eigenvalue weighted by Gasteiger charge is 2.24. The van der Waals surface area contributed by atoms with Gasteiger partial charge in [0, 0.05) is 6.42 Å². The molecule has 0 fully saturated rings. The normalized spacial score (nSPS) is 13.2. The van der Waals surface area contributed by atoms with E-state index in [2.05, 4.69) is 50.4 Å². The molecule has 0 aliphatic carbocycles. The number of hydrogen-bond donors (Lipinski definition) is 3. The van der Waals surface area contributed by atoms with Gasteiger partial charge in [-0.15, -0.1) is 0 Å². The molecule has 0 radical (unpaired) electrons. The molecule has 0 saturated carbocycles. The molecular weight excluding hydrogens is 839 g/mol. The van der Waals surface area contributed by atoms with Gasteiger partial charge in [0.15, 0.2) is 0 Å². The third kappa shape index (κ3) is 50.7. The van der Waals surface area contributed by atoms with E-state index in [4.69, 9.17) is 4.74 Å². The van der Waals surface area contributed by atoms with Crippen molar-refractivity contribution in [2.75, 3.05) is 6.61 Å². The van der Waals surface area contributed by atoms with Gasteiger partial charge in [-0.25, -0.2) is 0 Å². The summed E-state index contributed by atoms with van der Waals surface area (Å²) in [5, 5.41) is 23.9. The summed E-state index contributed by atoms with van der Waals surface area (Å²) in [6.07, 6.45) is 66.8. The minimum Gasteiger partial charge on any atom is -0.462 e. The first-order chi connectivity index (χ1) is 33.5. The number of esters is 1. The molecule has 3 unspecified atom stereocenters. The molecule has 0 saturated heterocycles. The number of rotatable bonds is 56. The van der Waals surface area contributed by atoms with Gasteiger partial charge in [0.1, 0.15) is 6.10 Å². The van der Waals surface area contributed by atoms with E-state index in [9.17, 15) is 19.8 Å². The van der Waals surface area contributed by atoms with E-state index in [1.54, 1.807) is 0 Å². The van der Waals surface area contributed by atoms with Crippen LogP contribution < -0.4 is 5.32 Å². The first-order valence-electron chi connectivity index (χ1n) is 30.6. The number of unbranched alkanes of at least 4 members (excludes halogenated alkanes) is 40. The molecule has 402 valence electrons. The zero-order chi connectivity index (χ0) is 49.5. The number of carbonyl (C=O) groups is 2. The maximum atomic E-state index is 13.3. The molecular formula is C62H119NO5. The molecule has 6 nitrogen and oxygen atoms in total. The van der Waals surface area contributed by atoms with Gasteiger partial charge in [-0.1, -0.05) is 270 Å². The van der Waals surface area contributed by atoms with Crippen LogP contribution in [0, 0.1) is 0 Å². The fraction of sp³-hybridized carbons (Fsp3) is 0.903. The first-order valence-corrected chi connectivity index (χ1v) is 30.6. The minimum absolute atomic E-state index is 0.0714. The molecule has 3 N–H and O–H groups in total. The molecule has 0 aromatic carbocycles. The van der Waals surface area contributed by atoms with Crippen molar-refractivity contribution in [2.24, 2.45) is 0 Å². The van der Waals surface area contributed by atoms with Gasteiger partial charge in [0.25, 0.3) is 0 Å². The molecule has 0 heterocycles. The number of hydrogen-bond acceptors (Lipinski definition) is 5. The van der Waals surface area contributed by atoms with Crippen LogP contribution in [0.5, 0.6) is 0 Å². The molecule has 3 atom stereocenters. The van der Waals surface area contributed by atoms with Crippen LogP contribution in [0.1, 0.15) is 335 Å². The Morgan fingerprint density at radius 3 is 1.06 bits per heavy atom. The monoisotopic (exact) mass is 958 g/mol. The van der Waals surface area contributed by atoms with E-state index in [0.717, 1.165) is 57.8 Å². The van der Waals surface area contributed by atoms with Crippen molar-refractivity contribution in [3.8, 4) is 0 Å². The van der Waals surface area contributed by atoms with Crippen molar-refractivity contribution in [3.05, 3.63) is 24.3 Å².